The highest BCUT2D eigenvalue weighted by Crippen LogP contribution is 2.22. The molecule has 5 nitrogen and oxygen atoms in total. The summed E-state index contributed by atoms with van der Waals surface area (Å²) in [5.41, 5.74) is 0. The third-order valence-corrected chi connectivity index (χ3v) is 4.66. The number of thiazole rings is 1. The fourth-order valence-corrected chi connectivity index (χ4v) is 3.14. The average Bonchev–Trinajstić information content (AvgIpc) is 2.76. The van der Waals surface area contributed by atoms with Gasteiger partial charge in [0.05, 0.1) is 17.2 Å². The fourth-order valence-electron chi connectivity index (χ4n) is 2.43. The molecule has 1 aromatic heterocycles. The molecule has 116 valence electrons. The SMILES string of the molecule is CC(=O)c1cnc(NC(=O)C(C)OC2CCCCCC2)s1. The van der Waals surface area contributed by atoms with Crippen LogP contribution in [0.4, 0.5) is 5.13 Å². The Labute approximate surface area is 129 Å². The summed E-state index contributed by atoms with van der Waals surface area (Å²) >= 11 is 1.19. The van der Waals surface area contributed by atoms with E-state index in [0.717, 1.165) is 12.8 Å². The van der Waals surface area contributed by atoms with E-state index in [1.165, 1.54) is 50.1 Å². The Hall–Kier alpha value is -1.27. The molecule has 1 amide bonds. The van der Waals surface area contributed by atoms with Gasteiger partial charge in [-0.05, 0) is 19.8 Å². The molecule has 21 heavy (non-hydrogen) atoms. The van der Waals surface area contributed by atoms with Crippen molar-refractivity contribution >= 4 is 28.2 Å². The molecule has 1 N–H and O–H groups in total. The van der Waals surface area contributed by atoms with Gasteiger partial charge in [0.2, 0.25) is 0 Å². The lowest BCUT2D eigenvalue weighted by Crippen LogP contribution is -2.31. The van der Waals surface area contributed by atoms with Crippen LogP contribution in [-0.4, -0.2) is 28.9 Å². The number of ketones is 1. The van der Waals surface area contributed by atoms with Crippen LogP contribution in [0.15, 0.2) is 6.20 Å². The number of nitrogens with one attached hydrogen (secondary N) is 1. The van der Waals surface area contributed by atoms with Crippen LogP contribution in [0, 0.1) is 0 Å². The summed E-state index contributed by atoms with van der Waals surface area (Å²) in [7, 11) is 0. The van der Waals surface area contributed by atoms with E-state index < -0.39 is 6.10 Å². The molecule has 1 atom stereocenters. The lowest BCUT2D eigenvalue weighted by Gasteiger charge is -2.20. The van der Waals surface area contributed by atoms with E-state index in [2.05, 4.69) is 10.3 Å². The zero-order chi connectivity index (χ0) is 15.2. The first-order valence-corrected chi connectivity index (χ1v) is 8.31. The van der Waals surface area contributed by atoms with Crippen molar-refractivity contribution in [2.75, 3.05) is 5.32 Å². The molecule has 1 unspecified atom stereocenters. The van der Waals surface area contributed by atoms with Gasteiger partial charge in [0.15, 0.2) is 10.9 Å². The Balaban J connectivity index is 1.84. The van der Waals surface area contributed by atoms with Crippen molar-refractivity contribution in [3.63, 3.8) is 0 Å². The van der Waals surface area contributed by atoms with Gasteiger partial charge in [-0.2, -0.15) is 0 Å². The molecule has 0 spiro atoms. The Morgan fingerprint density at radius 2 is 2.00 bits per heavy atom. The summed E-state index contributed by atoms with van der Waals surface area (Å²) in [6.07, 6.45) is 8.09. The number of amides is 1. The zero-order valence-electron chi connectivity index (χ0n) is 12.6. The number of nitrogens with zero attached hydrogens (tertiary/aromatic N) is 1. The molecule has 1 aliphatic carbocycles. The second kappa shape index (κ2) is 7.66. The third-order valence-electron chi connectivity index (χ3n) is 3.65. The normalized spacial score (nSPS) is 18.0. The molecule has 1 heterocycles. The number of rotatable bonds is 5. The smallest absolute Gasteiger partial charge is 0.255 e. The van der Waals surface area contributed by atoms with Gasteiger partial charge >= 0.3 is 0 Å². The van der Waals surface area contributed by atoms with Crippen molar-refractivity contribution < 1.29 is 14.3 Å². The summed E-state index contributed by atoms with van der Waals surface area (Å²) in [6.45, 7) is 3.25. The minimum atomic E-state index is -0.502. The van der Waals surface area contributed by atoms with Crippen LogP contribution in [0.25, 0.3) is 0 Å². The molecule has 1 aliphatic rings. The molecule has 2 rings (SSSR count). The maximum Gasteiger partial charge on any atom is 0.255 e. The van der Waals surface area contributed by atoms with Crippen LogP contribution >= 0.6 is 11.3 Å². The molecule has 0 aliphatic heterocycles. The number of Topliss-reactive ketones (excluding diaryl/α,β-unsaturated/α-hetero) is 1. The minimum absolute atomic E-state index is 0.0456. The van der Waals surface area contributed by atoms with E-state index in [1.807, 2.05) is 0 Å². The second-order valence-electron chi connectivity index (χ2n) is 5.47. The molecule has 6 heteroatoms. The van der Waals surface area contributed by atoms with Gasteiger partial charge in [-0.25, -0.2) is 4.98 Å². The van der Waals surface area contributed by atoms with Gasteiger partial charge in [0.1, 0.15) is 6.10 Å². The summed E-state index contributed by atoms with van der Waals surface area (Å²) < 4.78 is 5.86. The number of carbonyl (C=O) groups is 2. The molecule has 0 saturated heterocycles. The van der Waals surface area contributed by atoms with Crippen LogP contribution in [0.5, 0.6) is 0 Å². The first kappa shape index (κ1) is 16.1. The minimum Gasteiger partial charge on any atom is -0.365 e. The molecule has 1 fully saturated rings. The summed E-state index contributed by atoms with van der Waals surface area (Å²) in [5.74, 6) is -0.251. The molecule has 1 saturated carbocycles. The number of anilines is 1. The van der Waals surface area contributed by atoms with Gasteiger partial charge in [0.25, 0.3) is 5.91 Å². The number of hydrogen-bond donors (Lipinski definition) is 1. The second-order valence-corrected chi connectivity index (χ2v) is 6.50. The van der Waals surface area contributed by atoms with Crippen molar-refractivity contribution in [2.45, 2.75) is 64.6 Å². The summed E-state index contributed by atoms with van der Waals surface area (Å²) in [4.78, 5) is 27.9. The topological polar surface area (TPSA) is 68.3 Å². The fraction of sp³-hybridized carbons (Fsp3) is 0.667. The van der Waals surface area contributed by atoms with Gasteiger partial charge in [0, 0.05) is 6.92 Å². The number of hydrogen-bond acceptors (Lipinski definition) is 5. The van der Waals surface area contributed by atoms with Crippen molar-refractivity contribution in [1.82, 2.24) is 4.98 Å². The van der Waals surface area contributed by atoms with Gasteiger partial charge in [-0.1, -0.05) is 37.0 Å². The first-order chi connectivity index (χ1) is 10.1. The van der Waals surface area contributed by atoms with Crippen LogP contribution in [0.1, 0.15) is 62.0 Å². The number of aromatic nitrogens is 1. The molecular formula is C15H22N2O3S. The van der Waals surface area contributed by atoms with Crippen molar-refractivity contribution in [3.05, 3.63) is 11.1 Å². The van der Waals surface area contributed by atoms with Gasteiger partial charge < -0.3 is 4.74 Å². The lowest BCUT2D eigenvalue weighted by molar-refractivity contribution is -0.130. The lowest BCUT2D eigenvalue weighted by atomic mass is 10.1. The molecular weight excluding hydrogens is 288 g/mol. The number of carbonyl (C=O) groups excluding carboxylic acids is 2. The highest BCUT2D eigenvalue weighted by Gasteiger charge is 2.21. The van der Waals surface area contributed by atoms with E-state index >= 15 is 0 Å². The van der Waals surface area contributed by atoms with Crippen LogP contribution in [0.2, 0.25) is 0 Å². The summed E-state index contributed by atoms with van der Waals surface area (Å²) in [6, 6.07) is 0. The highest BCUT2D eigenvalue weighted by molar-refractivity contribution is 7.17. The van der Waals surface area contributed by atoms with Crippen LogP contribution in [-0.2, 0) is 9.53 Å². The Kier molecular flexibility index (Phi) is 5.87. The Bertz CT molecular complexity index is 493. The summed E-state index contributed by atoms with van der Waals surface area (Å²) in [5, 5.41) is 3.16. The maximum absolute atomic E-state index is 12.1. The quantitative estimate of drug-likeness (QED) is 0.668. The van der Waals surface area contributed by atoms with E-state index in [-0.39, 0.29) is 17.8 Å². The Morgan fingerprint density at radius 1 is 1.33 bits per heavy atom. The third kappa shape index (κ3) is 4.89. The highest BCUT2D eigenvalue weighted by atomic mass is 32.1. The molecule has 0 aromatic carbocycles. The predicted molar refractivity (Wildman–Crippen MR) is 82.8 cm³/mol. The van der Waals surface area contributed by atoms with E-state index in [9.17, 15) is 9.59 Å². The van der Waals surface area contributed by atoms with Gasteiger partial charge in [-0.3, -0.25) is 14.9 Å². The predicted octanol–water partition coefficient (Wildman–Crippen LogP) is 3.41. The van der Waals surface area contributed by atoms with Crippen molar-refractivity contribution in [3.8, 4) is 0 Å². The standard InChI is InChI=1S/C15H22N2O3S/c1-10(18)13-9-16-15(21-13)17-14(19)11(2)20-12-7-5-3-4-6-8-12/h9,11-12H,3-8H2,1-2H3,(H,16,17,19). The van der Waals surface area contributed by atoms with Crippen molar-refractivity contribution in [1.29, 1.82) is 0 Å². The zero-order valence-corrected chi connectivity index (χ0v) is 13.4. The number of ether oxygens (including phenoxy) is 1. The monoisotopic (exact) mass is 310 g/mol. The van der Waals surface area contributed by atoms with Crippen LogP contribution < -0.4 is 5.32 Å². The molecule has 0 radical (unpaired) electrons. The average molecular weight is 310 g/mol. The van der Waals surface area contributed by atoms with E-state index in [1.54, 1.807) is 6.92 Å². The Morgan fingerprint density at radius 3 is 2.57 bits per heavy atom. The van der Waals surface area contributed by atoms with E-state index in [4.69, 9.17) is 4.74 Å². The van der Waals surface area contributed by atoms with Gasteiger partial charge in [-0.15, -0.1) is 0 Å². The van der Waals surface area contributed by atoms with Crippen molar-refractivity contribution in [2.24, 2.45) is 0 Å². The maximum atomic E-state index is 12.1. The molecule has 1 aromatic rings. The van der Waals surface area contributed by atoms with E-state index in [0.29, 0.717) is 10.0 Å². The van der Waals surface area contributed by atoms with Crippen LogP contribution in [0.3, 0.4) is 0 Å². The molecule has 0 bridgehead atoms. The first-order valence-electron chi connectivity index (χ1n) is 7.49. The largest absolute Gasteiger partial charge is 0.365 e.